The van der Waals surface area contributed by atoms with Gasteiger partial charge in [0, 0.05) is 19.3 Å². The average Bonchev–Trinajstić information content (AvgIpc) is 3.29. The summed E-state index contributed by atoms with van der Waals surface area (Å²) in [5.74, 6) is 1.66. The van der Waals surface area contributed by atoms with E-state index in [1.165, 1.54) is 218 Å². The molecule has 0 rings (SSSR count). The summed E-state index contributed by atoms with van der Waals surface area (Å²) in [5.41, 5.74) is 0. The molecule has 6 nitrogen and oxygen atoms in total. The van der Waals surface area contributed by atoms with Crippen LogP contribution in [-0.4, -0.2) is 37.2 Å². The van der Waals surface area contributed by atoms with Crippen LogP contribution in [0.5, 0.6) is 0 Å². The van der Waals surface area contributed by atoms with Gasteiger partial charge in [0.05, 0.1) is 0 Å². The highest BCUT2D eigenvalue weighted by atomic mass is 16.6. The molecule has 0 saturated carbocycles. The number of unbranched alkanes of at least 4 members (excludes halogenated alkanes) is 37. The van der Waals surface area contributed by atoms with Crippen molar-refractivity contribution in [1.29, 1.82) is 0 Å². The van der Waals surface area contributed by atoms with Gasteiger partial charge in [0.25, 0.3) is 0 Å². The third-order valence-electron chi connectivity index (χ3n) is 13.9. The van der Waals surface area contributed by atoms with Crippen molar-refractivity contribution >= 4 is 17.9 Å². The van der Waals surface area contributed by atoms with E-state index >= 15 is 0 Å². The number of hydrogen-bond donors (Lipinski definition) is 0. The van der Waals surface area contributed by atoms with Gasteiger partial charge in [-0.25, -0.2) is 0 Å². The van der Waals surface area contributed by atoms with Crippen LogP contribution >= 0.6 is 0 Å². The van der Waals surface area contributed by atoms with E-state index in [0.29, 0.717) is 19.3 Å². The Hall–Kier alpha value is -1.59. The SMILES string of the molecule is CC(C)CCCCCCCCCCCCCCCCCCCCC(=O)OC[C@H](COC(=O)CCCCCCCCCCCC(C)C)OC(=O)CCCCCCCCCCCCCCCC(C)C. The topological polar surface area (TPSA) is 78.9 Å². The Labute approximate surface area is 418 Å². The summed E-state index contributed by atoms with van der Waals surface area (Å²) in [7, 11) is 0. The summed E-state index contributed by atoms with van der Waals surface area (Å²) in [6.07, 6.45) is 55.3. The summed E-state index contributed by atoms with van der Waals surface area (Å²) in [4.78, 5) is 38.2. The summed E-state index contributed by atoms with van der Waals surface area (Å²) in [6, 6.07) is 0. The third kappa shape index (κ3) is 55.2. The smallest absolute Gasteiger partial charge is 0.306 e. The van der Waals surface area contributed by atoms with Gasteiger partial charge in [0.2, 0.25) is 0 Å². The van der Waals surface area contributed by atoms with Crippen LogP contribution in [0.4, 0.5) is 0 Å². The van der Waals surface area contributed by atoms with Crippen molar-refractivity contribution in [2.75, 3.05) is 13.2 Å². The largest absolute Gasteiger partial charge is 0.462 e. The molecule has 398 valence electrons. The van der Waals surface area contributed by atoms with Gasteiger partial charge in [0.15, 0.2) is 6.10 Å². The number of esters is 3. The van der Waals surface area contributed by atoms with Crippen molar-refractivity contribution in [2.45, 2.75) is 343 Å². The molecular formula is C61H118O6. The Morgan fingerprint density at radius 1 is 0.254 bits per heavy atom. The van der Waals surface area contributed by atoms with Crippen LogP contribution in [0.25, 0.3) is 0 Å². The molecule has 6 heteroatoms. The zero-order chi connectivity index (χ0) is 49.1. The molecule has 0 amide bonds. The van der Waals surface area contributed by atoms with Crippen molar-refractivity contribution in [3.8, 4) is 0 Å². The number of ether oxygens (including phenoxy) is 3. The zero-order valence-corrected chi connectivity index (χ0v) is 46.2. The zero-order valence-electron chi connectivity index (χ0n) is 46.2. The summed E-state index contributed by atoms with van der Waals surface area (Å²) >= 11 is 0. The van der Waals surface area contributed by atoms with E-state index in [1.54, 1.807) is 0 Å². The number of rotatable bonds is 54. The van der Waals surface area contributed by atoms with Crippen molar-refractivity contribution in [2.24, 2.45) is 17.8 Å². The molecule has 0 bridgehead atoms. The van der Waals surface area contributed by atoms with Crippen LogP contribution in [-0.2, 0) is 28.6 Å². The van der Waals surface area contributed by atoms with Crippen LogP contribution in [0, 0.1) is 17.8 Å². The number of carbonyl (C=O) groups is 3. The molecule has 0 aliphatic carbocycles. The molecule has 0 N–H and O–H groups in total. The van der Waals surface area contributed by atoms with E-state index in [1.807, 2.05) is 0 Å². The fraction of sp³-hybridized carbons (Fsp3) is 0.951. The third-order valence-corrected chi connectivity index (χ3v) is 13.9. The van der Waals surface area contributed by atoms with E-state index < -0.39 is 6.10 Å². The van der Waals surface area contributed by atoms with Gasteiger partial charge in [-0.2, -0.15) is 0 Å². The minimum absolute atomic E-state index is 0.0634. The summed E-state index contributed by atoms with van der Waals surface area (Å²) < 4.78 is 16.9. The lowest BCUT2D eigenvalue weighted by atomic mass is 10.0. The van der Waals surface area contributed by atoms with Crippen LogP contribution in [0.15, 0.2) is 0 Å². The second kappa shape index (κ2) is 52.2. The van der Waals surface area contributed by atoms with E-state index in [2.05, 4.69) is 41.5 Å². The Morgan fingerprint density at radius 3 is 0.642 bits per heavy atom. The lowest BCUT2D eigenvalue weighted by molar-refractivity contribution is -0.167. The van der Waals surface area contributed by atoms with Gasteiger partial charge in [-0.3, -0.25) is 14.4 Å². The second-order valence-electron chi connectivity index (χ2n) is 22.4. The summed E-state index contributed by atoms with van der Waals surface area (Å²) in [6.45, 7) is 13.8. The monoisotopic (exact) mass is 947 g/mol. The molecule has 0 aliphatic heterocycles. The molecule has 0 radical (unpaired) electrons. The molecule has 67 heavy (non-hydrogen) atoms. The Bertz CT molecular complexity index is 1040. The first-order valence-electron chi connectivity index (χ1n) is 30.1. The van der Waals surface area contributed by atoms with Crippen molar-refractivity contribution < 1.29 is 28.6 Å². The maximum atomic E-state index is 12.9. The van der Waals surface area contributed by atoms with Crippen molar-refractivity contribution in [1.82, 2.24) is 0 Å². The highest BCUT2D eigenvalue weighted by molar-refractivity contribution is 5.71. The average molecular weight is 948 g/mol. The quantitative estimate of drug-likeness (QED) is 0.0343. The van der Waals surface area contributed by atoms with Gasteiger partial charge in [-0.05, 0) is 37.0 Å². The van der Waals surface area contributed by atoms with E-state index in [4.69, 9.17) is 14.2 Å². The van der Waals surface area contributed by atoms with Crippen LogP contribution in [0.1, 0.15) is 337 Å². The molecular weight excluding hydrogens is 829 g/mol. The molecule has 0 aromatic carbocycles. The van der Waals surface area contributed by atoms with E-state index in [9.17, 15) is 14.4 Å². The van der Waals surface area contributed by atoms with Gasteiger partial charge < -0.3 is 14.2 Å². The molecule has 0 aliphatic rings. The predicted octanol–water partition coefficient (Wildman–Crippen LogP) is 19.9. The highest BCUT2D eigenvalue weighted by Crippen LogP contribution is 2.19. The lowest BCUT2D eigenvalue weighted by Gasteiger charge is -2.18. The first kappa shape index (κ1) is 65.4. The Kier molecular flexibility index (Phi) is 51.0. The van der Waals surface area contributed by atoms with E-state index in [-0.39, 0.29) is 31.1 Å². The molecule has 0 spiro atoms. The van der Waals surface area contributed by atoms with Gasteiger partial charge in [-0.1, -0.05) is 298 Å². The molecule has 0 saturated heterocycles. The first-order valence-corrected chi connectivity index (χ1v) is 30.1. The fourth-order valence-corrected chi connectivity index (χ4v) is 9.35. The highest BCUT2D eigenvalue weighted by Gasteiger charge is 2.19. The lowest BCUT2D eigenvalue weighted by Crippen LogP contribution is -2.30. The molecule has 0 fully saturated rings. The standard InChI is InChI=1S/C61H118O6/c1-55(2)47-41-35-29-23-18-14-11-9-7-8-10-12-16-20-26-32-38-44-50-59(62)65-53-58(54-66-60(63)51-45-39-33-28-22-25-31-37-43-49-57(5)6)67-61(64)52-46-40-34-27-21-17-13-15-19-24-30-36-42-48-56(3)4/h55-58H,7-54H2,1-6H3/t58-/m1/s1. The molecule has 0 aromatic rings. The van der Waals surface area contributed by atoms with Crippen LogP contribution < -0.4 is 0 Å². The number of carbonyl (C=O) groups excluding carboxylic acids is 3. The minimum Gasteiger partial charge on any atom is -0.462 e. The van der Waals surface area contributed by atoms with Gasteiger partial charge in [-0.15, -0.1) is 0 Å². The van der Waals surface area contributed by atoms with Crippen LogP contribution in [0.2, 0.25) is 0 Å². The Balaban J connectivity index is 4.24. The Morgan fingerprint density at radius 2 is 0.433 bits per heavy atom. The van der Waals surface area contributed by atoms with Gasteiger partial charge in [0.1, 0.15) is 13.2 Å². The number of hydrogen-bond acceptors (Lipinski definition) is 6. The molecule has 1 atom stereocenters. The van der Waals surface area contributed by atoms with Gasteiger partial charge >= 0.3 is 17.9 Å². The predicted molar refractivity (Wildman–Crippen MR) is 289 cm³/mol. The molecule has 0 heterocycles. The minimum atomic E-state index is -0.764. The normalized spacial score (nSPS) is 12.1. The molecule has 0 unspecified atom stereocenters. The second-order valence-corrected chi connectivity index (χ2v) is 22.4. The van der Waals surface area contributed by atoms with Crippen LogP contribution in [0.3, 0.4) is 0 Å². The maximum absolute atomic E-state index is 12.9. The first-order chi connectivity index (χ1) is 32.6. The van der Waals surface area contributed by atoms with Crippen molar-refractivity contribution in [3.05, 3.63) is 0 Å². The molecule has 0 aromatic heterocycles. The van der Waals surface area contributed by atoms with E-state index in [0.717, 1.165) is 75.5 Å². The van der Waals surface area contributed by atoms with Crippen molar-refractivity contribution in [3.63, 3.8) is 0 Å². The summed E-state index contributed by atoms with van der Waals surface area (Å²) in [5, 5.41) is 0. The fourth-order valence-electron chi connectivity index (χ4n) is 9.35. The maximum Gasteiger partial charge on any atom is 0.306 e.